The number of methoxy groups -OCH3 is 2. The molecule has 0 N–H and O–H groups in total. The number of carbonyl (C=O) groups is 1. The summed E-state index contributed by atoms with van der Waals surface area (Å²) < 4.78 is 23.6. The number of rotatable bonds is 10. The van der Waals surface area contributed by atoms with Crippen LogP contribution in [0.3, 0.4) is 0 Å². The number of carbonyl (C=O) groups excluding carboxylic acids is 1. The first-order valence-corrected chi connectivity index (χ1v) is 13.4. The Morgan fingerprint density at radius 3 is 2.62 bits per heavy atom. The lowest BCUT2D eigenvalue weighted by Gasteiger charge is -2.25. The second-order valence-electron chi connectivity index (χ2n) is 8.39. The number of allylic oxidation sites excluding steroid dienone is 1. The number of halogens is 2. The molecule has 0 amide bonds. The van der Waals surface area contributed by atoms with Crippen molar-refractivity contribution in [3.8, 4) is 11.5 Å². The lowest BCUT2D eigenvalue weighted by atomic mass is 9.95. The third kappa shape index (κ3) is 6.12. The van der Waals surface area contributed by atoms with Crippen molar-refractivity contribution in [1.29, 1.82) is 0 Å². The van der Waals surface area contributed by atoms with E-state index in [1.54, 1.807) is 55.5 Å². The Kier molecular flexibility index (Phi) is 9.29. The highest BCUT2D eigenvalue weighted by Crippen LogP contribution is 2.36. The Bertz CT molecular complexity index is 1630. The molecule has 2 aromatic carbocycles. The van der Waals surface area contributed by atoms with Crippen molar-refractivity contribution >= 4 is 46.6 Å². The Morgan fingerprint density at radius 1 is 1.13 bits per heavy atom. The zero-order valence-electron chi connectivity index (χ0n) is 21.5. The second kappa shape index (κ2) is 12.7. The predicted octanol–water partition coefficient (Wildman–Crippen LogP) is 4.31. The lowest BCUT2D eigenvalue weighted by molar-refractivity contribution is -0.140. The number of nitrogens with zero attached hydrogens (tertiary/aromatic N) is 2. The van der Waals surface area contributed by atoms with Gasteiger partial charge in [0.05, 0.1) is 45.6 Å². The molecule has 0 saturated heterocycles. The molecule has 1 aromatic heterocycles. The summed E-state index contributed by atoms with van der Waals surface area (Å²) in [6.45, 7) is 5.96. The minimum Gasteiger partial charge on any atom is -0.493 e. The Labute approximate surface area is 239 Å². The van der Waals surface area contributed by atoms with Gasteiger partial charge in [-0.15, -0.1) is 0 Å². The molecule has 4 rings (SSSR count). The highest BCUT2D eigenvalue weighted by Gasteiger charge is 2.34. The third-order valence-electron chi connectivity index (χ3n) is 5.86. The highest BCUT2D eigenvalue weighted by atomic mass is 35.5. The number of hydrogen-bond acceptors (Lipinski definition) is 8. The molecule has 1 aliphatic rings. The van der Waals surface area contributed by atoms with Crippen LogP contribution in [0.5, 0.6) is 11.5 Å². The first kappa shape index (κ1) is 28.6. The van der Waals surface area contributed by atoms with E-state index in [0.717, 1.165) is 0 Å². The van der Waals surface area contributed by atoms with E-state index in [2.05, 4.69) is 11.6 Å². The number of fused-ring (bicyclic) bond motifs is 1. The standard InChI is InChI=1S/C28H26Cl2N2O6S/c1-5-10-37-21-9-7-18(15-22(21)36-4)25-24(27(34)38-12-11-35-3)16(2)31-28-32(25)26(33)23(39-28)14-17-6-8-19(29)20(30)13-17/h5-9,13-15,25H,1,10-12H2,2-4H3/b23-14-. The van der Waals surface area contributed by atoms with Gasteiger partial charge in [-0.2, -0.15) is 0 Å². The molecule has 0 aliphatic carbocycles. The van der Waals surface area contributed by atoms with Crippen LogP contribution in [0.15, 0.2) is 70.1 Å². The van der Waals surface area contributed by atoms with Crippen LogP contribution in [-0.4, -0.2) is 44.6 Å². The molecule has 0 spiro atoms. The van der Waals surface area contributed by atoms with Gasteiger partial charge in [-0.3, -0.25) is 9.36 Å². The molecule has 1 atom stereocenters. The van der Waals surface area contributed by atoms with Gasteiger partial charge in [0, 0.05) is 7.11 Å². The molecule has 39 heavy (non-hydrogen) atoms. The predicted molar refractivity (Wildman–Crippen MR) is 152 cm³/mol. The molecule has 1 unspecified atom stereocenters. The van der Waals surface area contributed by atoms with Gasteiger partial charge < -0.3 is 18.9 Å². The summed E-state index contributed by atoms with van der Waals surface area (Å²) in [5, 5.41) is 0.788. The van der Waals surface area contributed by atoms with Crippen LogP contribution in [0.1, 0.15) is 24.1 Å². The summed E-state index contributed by atoms with van der Waals surface area (Å²) in [6.07, 6.45) is 3.34. The molecule has 11 heteroatoms. The van der Waals surface area contributed by atoms with Crippen LogP contribution >= 0.6 is 34.5 Å². The van der Waals surface area contributed by atoms with Crippen LogP contribution in [-0.2, 0) is 14.3 Å². The van der Waals surface area contributed by atoms with E-state index in [9.17, 15) is 9.59 Å². The average Bonchev–Trinajstić information content (AvgIpc) is 3.22. The SMILES string of the molecule is C=CCOc1ccc(C2C(C(=O)OCCOC)=C(C)N=c3s/c(=C\c4ccc(Cl)c(Cl)c4)c(=O)n32)cc1OC. The van der Waals surface area contributed by atoms with Gasteiger partial charge in [0.1, 0.15) is 13.2 Å². The number of aromatic nitrogens is 1. The van der Waals surface area contributed by atoms with Crippen LogP contribution in [0, 0.1) is 0 Å². The molecular formula is C28H26Cl2N2O6S. The maximum Gasteiger partial charge on any atom is 0.338 e. The fraction of sp³-hybridized carbons (Fsp3) is 0.250. The Hall–Kier alpha value is -3.37. The van der Waals surface area contributed by atoms with Gasteiger partial charge in [-0.1, -0.05) is 59.3 Å². The zero-order valence-corrected chi connectivity index (χ0v) is 23.9. The van der Waals surface area contributed by atoms with E-state index in [0.29, 0.717) is 47.7 Å². The van der Waals surface area contributed by atoms with Gasteiger partial charge in [0.15, 0.2) is 16.3 Å². The topological polar surface area (TPSA) is 88.4 Å². The van der Waals surface area contributed by atoms with Crippen LogP contribution in [0.4, 0.5) is 0 Å². The van der Waals surface area contributed by atoms with E-state index >= 15 is 0 Å². The van der Waals surface area contributed by atoms with Crippen molar-refractivity contribution in [2.45, 2.75) is 13.0 Å². The number of thiazole rings is 1. The summed E-state index contributed by atoms with van der Waals surface area (Å²) in [4.78, 5) is 32.2. The number of benzene rings is 2. The number of ether oxygens (including phenoxy) is 4. The molecule has 1 aliphatic heterocycles. The van der Waals surface area contributed by atoms with E-state index in [1.807, 2.05) is 0 Å². The lowest BCUT2D eigenvalue weighted by Crippen LogP contribution is -2.40. The van der Waals surface area contributed by atoms with Crippen molar-refractivity contribution in [3.63, 3.8) is 0 Å². The average molecular weight is 589 g/mol. The molecular weight excluding hydrogens is 563 g/mol. The molecule has 8 nitrogen and oxygen atoms in total. The van der Waals surface area contributed by atoms with E-state index in [4.69, 9.17) is 42.1 Å². The van der Waals surface area contributed by atoms with Crippen molar-refractivity contribution < 1.29 is 23.7 Å². The van der Waals surface area contributed by atoms with E-state index in [-0.39, 0.29) is 31.0 Å². The molecule has 0 bridgehead atoms. The van der Waals surface area contributed by atoms with Crippen molar-refractivity contribution in [2.75, 3.05) is 34.0 Å². The monoisotopic (exact) mass is 588 g/mol. The summed E-state index contributed by atoms with van der Waals surface area (Å²) in [7, 11) is 3.03. The highest BCUT2D eigenvalue weighted by molar-refractivity contribution is 7.07. The van der Waals surface area contributed by atoms with Gasteiger partial charge >= 0.3 is 5.97 Å². The second-order valence-corrected chi connectivity index (χ2v) is 10.2. The summed E-state index contributed by atoms with van der Waals surface area (Å²) in [5.41, 5.74) is 1.67. The van der Waals surface area contributed by atoms with Gasteiger partial charge in [-0.25, -0.2) is 9.79 Å². The van der Waals surface area contributed by atoms with Gasteiger partial charge in [0.25, 0.3) is 5.56 Å². The third-order valence-corrected chi connectivity index (χ3v) is 7.59. The quantitative estimate of drug-likeness (QED) is 0.199. The maximum absolute atomic E-state index is 13.8. The first-order chi connectivity index (χ1) is 18.8. The Balaban J connectivity index is 1.90. The molecule has 3 aromatic rings. The largest absolute Gasteiger partial charge is 0.493 e. The molecule has 0 fully saturated rings. The fourth-order valence-corrected chi connectivity index (χ4v) is 5.42. The van der Waals surface area contributed by atoms with Crippen LogP contribution in [0.2, 0.25) is 10.0 Å². The molecule has 204 valence electrons. The van der Waals surface area contributed by atoms with Crippen molar-refractivity contribution in [2.24, 2.45) is 4.99 Å². The maximum atomic E-state index is 13.8. The summed E-state index contributed by atoms with van der Waals surface area (Å²) in [6, 6.07) is 9.53. The number of esters is 1. The zero-order chi connectivity index (χ0) is 28.1. The minimum absolute atomic E-state index is 0.0538. The number of hydrogen-bond donors (Lipinski definition) is 0. The van der Waals surface area contributed by atoms with Crippen molar-refractivity contribution in [3.05, 3.63) is 101 Å². The smallest absolute Gasteiger partial charge is 0.338 e. The molecule has 0 radical (unpaired) electrons. The Morgan fingerprint density at radius 2 is 1.92 bits per heavy atom. The fourth-order valence-electron chi connectivity index (χ4n) is 4.07. The molecule has 0 saturated carbocycles. The minimum atomic E-state index is -0.824. The van der Waals surface area contributed by atoms with Gasteiger partial charge in [-0.05, 0) is 48.4 Å². The van der Waals surface area contributed by atoms with Gasteiger partial charge in [0.2, 0.25) is 0 Å². The van der Waals surface area contributed by atoms with Crippen LogP contribution < -0.4 is 24.4 Å². The summed E-state index contributed by atoms with van der Waals surface area (Å²) >= 11 is 13.4. The van der Waals surface area contributed by atoms with E-state index < -0.39 is 12.0 Å². The van der Waals surface area contributed by atoms with Crippen LogP contribution in [0.25, 0.3) is 6.08 Å². The van der Waals surface area contributed by atoms with Crippen molar-refractivity contribution in [1.82, 2.24) is 4.57 Å². The summed E-state index contributed by atoms with van der Waals surface area (Å²) in [5.74, 6) is 0.343. The normalized spacial score (nSPS) is 15.0. The first-order valence-electron chi connectivity index (χ1n) is 11.8. The molecule has 2 heterocycles. The van der Waals surface area contributed by atoms with E-state index in [1.165, 1.54) is 30.1 Å².